The van der Waals surface area contributed by atoms with Crippen molar-refractivity contribution in [1.82, 2.24) is 0 Å². The van der Waals surface area contributed by atoms with Crippen LogP contribution >= 0.6 is 0 Å². The van der Waals surface area contributed by atoms with Crippen LogP contribution in [-0.2, 0) is 14.3 Å². The zero-order valence-electron chi connectivity index (χ0n) is 8.40. The van der Waals surface area contributed by atoms with E-state index in [4.69, 9.17) is 10.2 Å². The molecule has 2 N–H and O–H groups in total. The van der Waals surface area contributed by atoms with E-state index >= 15 is 0 Å². The normalized spacial score (nSPS) is 9.14. The molecule has 0 aliphatic carbocycles. The quantitative estimate of drug-likeness (QED) is 0.384. The highest BCUT2D eigenvalue weighted by atomic mass is 16.6. The lowest BCUT2D eigenvalue weighted by molar-refractivity contribution is -0.154. The lowest BCUT2D eigenvalue weighted by atomic mass is 10.4. The average molecular weight is 204 g/mol. The maximum atomic E-state index is 10.5. The standard InChI is InChI=1S/C7H10O3.C2H6O2/c1-3-4-5-7(9)10-6(2)8;3-1-2-4/h4-5H,3H2,1-2H3;3-4H,1-2H2. The van der Waals surface area contributed by atoms with E-state index in [0.717, 1.165) is 6.42 Å². The molecule has 0 unspecified atom stereocenters. The van der Waals surface area contributed by atoms with Gasteiger partial charge in [0.1, 0.15) is 0 Å². The van der Waals surface area contributed by atoms with Crippen LogP contribution in [0.4, 0.5) is 0 Å². The minimum Gasteiger partial charge on any atom is -0.394 e. The van der Waals surface area contributed by atoms with Crippen LogP contribution in [0.25, 0.3) is 0 Å². The molecule has 0 rings (SSSR count). The topological polar surface area (TPSA) is 83.8 Å². The summed E-state index contributed by atoms with van der Waals surface area (Å²) in [6, 6.07) is 0. The monoisotopic (exact) mass is 204 g/mol. The summed E-state index contributed by atoms with van der Waals surface area (Å²) in [7, 11) is 0. The molecule has 0 fully saturated rings. The Hall–Kier alpha value is -1.20. The van der Waals surface area contributed by atoms with Crippen LogP contribution in [-0.4, -0.2) is 35.4 Å². The predicted molar refractivity (Wildman–Crippen MR) is 50.4 cm³/mol. The van der Waals surface area contributed by atoms with Crippen LogP contribution in [0.2, 0.25) is 0 Å². The summed E-state index contributed by atoms with van der Waals surface area (Å²) < 4.78 is 4.19. The van der Waals surface area contributed by atoms with Crippen molar-refractivity contribution in [2.24, 2.45) is 0 Å². The fourth-order valence-corrected chi connectivity index (χ4v) is 0.390. The maximum absolute atomic E-state index is 10.5. The van der Waals surface area contributed by atoms with E-state index in [1.807, 2.05) is 6.92 Å². The highest BCUT2D eigenvalue weighted by Crippen LogP contribution is 1.84. The number of aliphatic hydroxyl groups is 2. The van der Waals surface area contributed by atoms with E-state index in [2.05, 4.69) is 4.74 Å². The molecule has 0 bridgehead atoms. The van der Waals surface area contributed by atoms with Crippen molar-refractivity contribution in [3.63, 3.8) is 0 Å². The SMILES string of the molecule is CCC=CC(=O)OC(C)=O.OCCO. The smallest absolute Gasteiger partial charge is 0.338 e. The van der Waals surface area contributed by atoms with Crippen molar-refractivity contribution in [1.29, 1.82) is 0 Å². The first-order valence-corrected chi connectivity index (χ1v) is 4.19. The van der Waals surface area contributed by atoms with Crippen molar-refractivity contribution < 1.29 is 24.5 Å². The zero-order chi connectivity index (χ0) is 11.4. The number of rotatable bonds is 3. The first kappa shape index (κ1) is 15.3. The molecule has 0 aromatic rings. The Morgan fingerprint density at radius 1 is 1.29 bits per heavy atom. The molecule has 0 saturated heterocycles. The minimum absolute atomic E-state index is 0.125. The Bertz CT molecular complexity index is 184. The average Bonchev–Trinajstić information content (AvgIpc) is 2.14. The lowest BCUT2D eigenvalue weighted by Crippen LogP contribution is -2.05. The number of carbonyl (C=O) groups is 2. The number of hydrogen-bond acceptors (Lipinski definition) is 5. The van der Waals surface area contributed by atoms with Gasteiger partial charge < -0.3 is 14.9 Å². The van der Waals surface area contributed by atoms with Crippen LogP contribution in [0.3, 0.4) is 0 Å². The van der Waals surface area contributed by atoms with Crippen LogP contribution in [0.1, 0.15) is 20.3 Å². The largest absolute Gasteiger partial charge is 0.394 e. The van der Waals surface area contributed by atoms with Gasteiger partial charge in [-0.2, -0.15) is 0 Å². The Morgan fingerprint density at radius 2 is 1.79 bits per heavy atom. The third-order valence-electron chi connectivity index (χ3n) is 0.834. The lowest BCUT2D eigenvalue weighted by Gasteiger charge is -1.90. The summed E-state index contributed by atoms with van der Waals surface area (Å²) in [6.07, 6.45) is 3.62. The highest BCUT2D eigenvalue weighted by molar-refractivity contribution is 5.91. The molecule has 0 aliphatic heterocycles. The number of aliphatic hydroxyl groups excluding tert-OH is 2. The van der Waals surface area contributed by atoms with Crippen molar-refractivity contribution in [2.45, 2.75) is 20.3 Å². The molecule has 0 radical (unpaired) electrons. The third-order valence-corrected chi connectivity index (χ3v) is 0.834. The predicted octanol–water partition coefficient (Wildman–Crippen LogP) is 0.0133. The van der Waals surface area contributed by atoms with Gasteiger partial charge in [0.05, 0.1) is 13.2 Å². The van der Waals surface area contributed by atoms with Crippen LogP contribution < -0.4 is 0 Å². The summed E-state index contributed by atoms with van der Waals surface area (Å²) in [5.74, 6) is -1.18. The molecule has 0 heterocycles. The van der Waals surface area contributed by atoms with Crippen LogP contribution in [0.15, 0.2) is 12.2 Å². The fraction of sp³-hybridized carbons (Fsp3) is 0.556. The number of allylic oxidation sites excluding steroid dienone is 1. The molecule has 0 atom stereocenters. The summed E-state index contributed by atoms with van der Waals surface area (Å²) in [6.45, 7) is 2.83. The molecule has 0 aliphatic rings. The second kappa shape index (κ2) is 11.8. The molecule has 0 spiro atoms. The first-order valence-electron chi connectivity index (χ1n) is 4.19. The highest BCUT2D eigenvalue weighted by Gasteiger charge is 1.98. The van der Waals surface area contributed by atoms with Gasteiger partial charge in [0.15, 0.2) is 0 Å². The van der Waals surface area contributed by atoms with E-state index in [9.17, 15) is 9.59 Å². The van der Waals surface area contributed by atoms with E-state index in [1.165, 1.54) is 13.0 Å². The summed E-state index contributed by atoms with van der Waals surface area (Å²) >= 11 is 0. The van der Waals surface area contributed by atoms with Gasteiger partial charge >= 0.3 is 11.9 Å². The summed E-state index contributed by atoms with van der Waals surface area (Å²) in [5.41, 5.74) is 0. The molecule has 14 heavy (non-hydrogen) atoms. The molecule has 0 amide bonds. The van der Waals surface area contributed by atoms with Gasteiger partial charge in [0, 0.05) is 13.0 Å². The minimum atomic E-state index is -0.602. The fourth-order valence-electron chi connectivity index (χ4n) is 0.390. The third kappa shape index (κ3) is 17.0. The second-order valence-electron chi connectivity index (χ2n) is 2.17. The number of carbonyl (C=O) groups excluding carboxylic acids is 2. The number of esters is 2. The van der Waals surface area contributed by atoms with Gasteiger partial charge in [-0.25, -0.2) is 4.79 Å². The van der Waals surface area contributed by atoms with Crippen LogP contribution in [0.5, 0.6) is 0 Å². The van der Waals surface area contributed by atoms with Crippen molar-refractivity contribution in [3.8, 4) is 0 Å². The van der Waals surface area contributed by atoms with Gasteiger partial charge in [-0.15, -0.1) is 0 Å². The maximum Gasteiger partial charge on any atom is 0.338 e. The van der Waals surface area contributed by atoms with Crippen LogP contribution in [0, 0.1) is 0 Å². The van der Waals surface area contributed by atoms with E-state index < -0.39 is 11.9 Å². The molecule has 5 nitrogen and oxygen atoms in total. The van der Waals surface area contributed by atoms with Crippen molar-refractivity contribution >= 4 is 11.9 Å². The first-order chi connectivity index (χ1) is 6.58. The number of hydrogen-bond donors (Lipinski definition) is 2. The molecule has 0 aromatic heterocycles. The van der Waals surface area contributed by atoms with Crippen molar-refractivity contribution in [2.75, 3.05) is 13.2 Å². The molecule has 0 saturated carbocycles. The Kier molecular flexibility index (Phi) is 12.9. The zero-order valence-corrected chi connectivity index (χ0v) is 8.40. The Labute approximate surface area is 83.0 Å². The van der Waals surface area contributed by atoms with Gasteiger partial charge in [-0.1, -0.05) is 13.0 Å². The van der Waals surface area contributed by atoms with Gasteiger partial charge in [0.25, 0.3) is 0 Å². The van der Waals surface area contributed by atoms with Gasteiger partial charge in [-0.05, 0) is 6.42 Å². The number of ether oxygens (including phenoxy) is 1. The van der Waals surface area contributed by atoms with Gasteiger partial charge in [0.2, 0.25) is 0 Å². The molecule has 5 heteroatoms. The second-order valence-corrected chi connectivity index (χ2v) is 2.17. The summed E-state index contributed by atoms with van der Waals surface area (Å²) in [4.78, 5) is 20.6. The van der Waals surface area contributed by atoms with Gasteiger partial charge in [-0.3, -0.25) is 4.79 Å². The summed E-state index contributed by atoms with van der Waals surface area (Å²) in [5, 5.41) is 15.2. The molecule has 82 valence electrons. The molecular weight excluding hydrogens is 188 g/mol. The Balaban J connectivity index is 0. The van der Waals surface area contributed by atoms with E-state index in [-0.39, 0.29) is 13.2 Å². The van der Waals surface area contributed by atoms with Crippen molar-refractivity contribution in [3.05, 3.63) is 12.2 Å². The Morgan fingerprint density at radius 3 is 2.07 bits per heavy atom. The van der Waals surface area contributed by atoms with E-state index in [1.54, 1.807) is 6.08 Å². The molecule has 0 aromatic carbocycles. The van der Waals surface area contributed by atoms with E-state index in [0.29, 0.717) is 0 Å². The molecular formula is C9H16O5.